The molecule has 4 aliphatic carbocycles. The van der Waals surface area contributed by atoms with E-state index in [4.69, 9.17) is 4.74 Å². The van der Waals surface area contributed by atoms with Crippen LogP contribution in [0.15, 0.2) is 29.2 Å². The van der Waals surface area contributed by atoms with Crippen molar-refractivity contribution in [2.75, 3.05) is 6.01 Å². The molecule has 0 aliphatic heterocycles. The van der Waals surface area contributed by atoms with Crippen molar-refractivity contribution >= 4 is 40.0 Å². The molecule has 11 heteroatoms. The van der Waals surface area contributed by atoms with E-state index in [9.17, 15) is 23.9 Å². The summed E-state index contributed by atoms with van der Waals surface area (Å²) < 4.78 is 52.6. The Balaban J connectivity index is 1.63. The minimum atomic E-state index is -2.34. The lowest BCUT2D eigenvalue weighted by atomic mass is 9.44. The second-order valence-corrected chi connectivity index (χ2v) is 13.4. The van der Waals surface area contributed by atoms with Gasteiger partial charge in [-0.15, -0.1) is 11.3 Å². The largest absolute Gasteiger partial charge is 0.444 e. The van der Waals surface area contributed by atoms with Crippen LogP contribution in [0.3, 0.4) is 0 Å². The van der Waals surface area contributed by atoms with Gasteiger partial charge in [0.1, 0.15) is 12.2 Å². The van der Waals surface area contributed by atoms with Crippen LogP contribution in [0.1, 0.15) is 55.5 Å². The fraction of sp³-hybridized carbons (Fsp3) is 0.630. The molecule has 6 nitrogen and oxygen atoms in total. The Morgan fingerprint density at radius 3 is 2.63 bits per heavy atom. The summed E-state index contributed by atoms with van der Waals surface area (Å²) >= 11 is 1.59. The summed E-state index contributed by atoms with van der Waals surface area (Å²) in [6.07, 6.45) is -0.0485. The van der Waals surface area contributed by atoms with Crippen LogP contribution in [-0.2, 0) is 14.3 Å². The Labute approximate surface area is 227 Å². The van der Waals surface area contributed by atoms with Gasteiger partial charge in [0.25, 0.3) is 0 Å². The minimum absolute atomic E-state index is 0.00107. The molecule has 0 aromatic carbocycles. The molecule has 1 aromatic rings. The number of thiazole rings is 1. The molecule has 1 N–H and O–H groups in total. The second kappa shape index (κ2) is 9.02. The number of carbonyl (C=O) groups is 3. The number of ketones is 1. The third-order valence-corrected chi connectivity index (χ3v) is 11.2. The summed E-state index contributed by atoms with van der Waals surface area (Å²) in [4.78, 5) is 43.1. The van der Waals surface area contributed by atoms with Crippen molar-refractivity contribution in [3.05, 3.63) is 39.9 Å². The molecule has 0 bridgehead atoms. The summed E-state index contributed by atoms with van der Waals surface area (Å²) in [7, 11) is 0. The first kappa shape index (κ1) is 27.6. The van der Waals surface area contributed by atoms with Crippen molar-refractivity contribution in [2.24, 2.45) is 28.6 Å². The monoisotopic (exact) mass is 569 g/mol. The van der Waals surface area contributed by atoms with Crippen molar-refractivity contribution in [1.29, 1.82) is 0 Å². The van der Waals surface area contributed by atoms with Crippen molar-refractivity contribution in [3.63, 3.8) is 0 Å². The molecule has 206 valence electrons. The maximum atomic E-state index is 17.4. The van der Waals surface area contributed by atoms with Crippen molar-refractivity contribution in [2.45, 2.75) is 70.5 Å². The molecule has 1 heterocycles. The van der Waals surface area contributed by atoms with Crippen molar-refractivity contribution in [3.8, 4) is 0 Å². The number of aliphatic hydroxyl groups excluding tert-OH is 1. The zero-order chi connectivity index (χ0) is 27.8. The quantitative estimate of drug-likeness (QED) is 0.505. The molecule has 1 aromatic heterocycles. The smallest absolute Gasteiger partial charge is 0.358 e. The normalized spacial score (nSPS) is 43.6. The van der Waals surface area contributed by atoms with E-state index >= 15 is 8.78 Å². The highest BCUT2D eigenvalue weighted by Crippen LogP contribution is 2.72. The topological polar surface area (TPSA) is 93.6 Å². The number of nitrogens with zero attached hydrogens (tertiary/aromatic N) is 1. The van der Waals surface area contributed by atoms with Gasteiger partial charge in [0.05, 0.1) is 11.1 Å². The number of hydrogen-bond acceptors (Lipinski definition) is 8. The lowest BCUT2D eigenvalue weighted by molar-refractivity contribution is -0.221. The summed E-state index contributed by atoms with van der Waals surface area (Å²) in [5.41, 5.74) is -7.14. The summed E-state index contributed by atoms with van der Waals surface area (Å²) in [6, 6.07) is -1.06. The van der Waals surface area contributed by atoms with Crippen LogP contribution in [0, 0.1) is 35.5 Å². The van der Waals surface area contributed by atoms with Crippen molar-refractivity contribution < 1.29 is 37.4 Å². The first-order chi connectivity index (χ1) is 17.8. The zero-order valence-electron chi connectivity index (χ0n) is 21.5. The minimum Gasteiger partial charge on any atom is -0.444 e. The van der Waals surface area contributed by atoms with Gasteiger partial charge >= 0.3 is 5.97 Å². The van der Waals surface area contributed by atoms with Gasteiger partial charge in [-0.1, -0.05) is 19.9 Å². The number of esters is 1. The summed E-state index contributed by atoms with van der Waals surface area (Å²) in [5.74, 6) is -3.71. The highest BCUT2D eigenvalue weighted by atomic mass is 32.2. The van der Waals surface area contributed by atoms with E-state index in [1.165, 1.54) is 35.8 Å². The van der Waals surface area contributed by atoms with E-state index in [2.05, 4.69) is 4.98 Å². The molecule has 9 atom stereocenters. The molecular formula is C27H30F3NO5S2. The summed E-state index contributed by atoms with van der Waals surface area (Å²) in [5, 5.41) is 12.9. The summed E-state index contributed by atoms with van der Waals surface area (Å²) in [6.45, 7) is 6.55. The van der Waals surface area contributed by atoms with Gasteiger partial charge in [-0.3, -0.25) is 9.59 Å². The van der Waals surface area contributed by atoms with Crippen molar-refractivity contribution in [1.82, 2.24) is 4.98 Å². The number of rotatable bonds is 4. The lowest BCUT2D eigenvalue weighted by Gasteiger charge is -2.63. The Morgan fingerprint density at radius 2 is 2.00 bits per heavy atom. The van der Waals surface area contributed by atoms with Crippen LogP contribution >= 0.6 is 23.1 Å². The van der Waals surface area contributed by atoms with E-state index in [0.29, 0.717) is 16.8 Å². The van der Waals surface area contributed by atoms with E-state index in [1.807, 2.05) is 0 Å². The number of ether oxygens (including phenoxy) is 1. The van der Waals surface area contributed by atoms with Gasteiger partial charge in [-0.05, 0) is 68.5 Å². The SMILES string of the molecule is Cc1nc(C(=O)OC2(C(=O)SCF)C(C)C[C@H]3[C@@H]4CC(F)C5=CC(=O)C=C[C@]5(C)C4(F)C(O)C[C@@]32C)cs1. The van der Waals surface area contributed by atoms with Crippen LogP contribution in [0.25, 0.3) is 0 Å². The molecule has 0 spiro atoms. The molecule has 38 heavy (non-hydrogen) atoms. The molecular weight excluding hydrogens is 539 g/mol. The fourth-order valence-electron chi connectivity index (χ4n) is 8.03. The van der Waals surface area contributed by atoms with Crippen LogP contribution in [-0.4, -0.2) is 56.5 Å². The Kier molecular flexibility index (Phi) is 6.55. The maximum Gasteiger partial charge on any atom is 0.358 e. The third-order valence-electron chi connectivity index (χ3n) is 9.74. The number of aryl methyl sites for hydroxylation is 1. The molecule has 3 saturated carbocycles. The number of aliphatic hydroxyl groups is 1. The molecule has 3 fully saturated rings. The number of fused-ring (bicyclic) bond motifs is 5. The molecule has 4 aliphatic rings. The first-order valence-corrected chi connectivity index (χ1v) is 14.5. The van der Waals surface area contributed by atoms with E-state index in [-0.39, 0.29) is 30.5 Å². The van der Waals surface area contributed by atoms with Crippen LogP contribution in [0.5, 0.6) is 0 Å². The van der Waals surface area contributed by atoms with Gasteiger partial charge in [-0.2, -0.15) is 0 Å². The van der Waals surface area contributed by atoms with Crippen LogP contribution in [0.4, 0.5) is 13.2 Å². The van der Waals surface area contributed by atoms with Gasteiger partial charge in [-0.25, -0.2) is 22.9 Å². The number of allylic oxidation sites excluding steroid dienone is 4. The number of hydrogen-bond donors (Lipinski definition) is 1. The van der Waals surface area contributed by atoms with E-state index in [1.54, 1.807) is 20.8 Å². The van der Waals surface area contributed by atoms with Gasteiger partial charge in [0.2, 0.25) is 5.12 Å². The number of halogens is 3. The van der Waals surface area contributed by atoms with Gasteiger partial charge in [0, 0.05) is 28.0 Å². The van der Waals surface area contributed by atoms with E-state index < -0.39 is 75.0 Å². The molecule has 0 amide bonds. The number of aromatic nitrogens is 1. The number of alkyl halides is 3. The predicted molar refractivity (Wildman–Crippen MR) is 137 cm³/mol. The average Bonchev–Trinajstić information content (AvgIpc) is 3.38. The Bertz CT molecular complexity index is 1270. The zero-order valence-corrected chi connectivity index (χ0v) is 23.1. The Hall–Kier alpha value is -1.98. The fourth-order valence-corrected chi connectivity index (χ4v) is 9.40. The van der Waals surface area contributed by atoms with Gasteiger partial charge in [0.15, 0.2) is 22.7 Å². The Morgan fingerprint density at radius 1 is 1.29 bits per heavy atom. The second-order valence-electron chi connectivity index (χ2n) is 11.4. The van der Waals surface area contributed by atoms with Gasteiger partial charge < -0.3 is 9.84 Å². The third kappa shape index (κ3) is 3.43. The maximum absolute atomic E-state index is 17.4. The average molecular weight is 570 g/mol. The molecule has 0 radical (unpaired) electrons. The number of thioether (sulfide) groups is 1. The highest BCUT2D eigenvalue weighted by molar-refractivity contribution is 8.13. The highest BCUT2D eigenvalue weighted by Gasteiger charge is 2.78. The standard InChI is InChI=1S/C27H30F3NO5S2/c1-13-7-16-17-9-19(29)18-8-15(32)5-6-24(18,3)26(17,30)21(33)10-25(16,4)27(13,23(35)38-12-28)36-22(34)20-11-37-14(2)31-20/h5-6,8,11,13,16-17,19,21,33H,7,9-10,12H2,1-4H3/t13?,16-,17-,19?,21?,24-,25-,26?,27?/m0/s1. The molecule has 5 unspecified atom stereocenters. The first-order valence-electron chi connectivity index (χ1n) is 12.6. The van der Waals surface area contributed by atoms with E-state index in [0.717, 1.165) is 6.08 Å². The van der Waals surface area contributed by atoms with Crippen LogP contribution < -0.4 is 0 Å². The number of carbonyl (C=O) groups excluding carboxylic acids is 3. The molecule has 0 saturated heterocycles. The predicted octanol–water partition coefficient (Wildman–Crippen LogP) is 5.10. The van der Waals surface area contributed by atoms with Crippen LogP contribution in [0.2, 0.25) is 0 Å². The lowest BCUT2D eigenvalue weighted by Crippen LogP contribution is -2.70. The molecule has 5 rings (SSSR count).